The smallest absolute Gasteiger partial charge is 0.257 e. The van der Waals surface area contributed by atoms with Crippen molar-refractivity contribution in [2.75, 3.05) is 36.5 Å². The van der Waals surface area contributed by atoms with Gasteiger partial charge in [-0.1, -0.05) is 6.07 Å². The number of hydrogen-bond acceptors (Lipinski definition) is 6. The molecule has 1 fully saturated rings. The zero-order valence-electron chi connectivity index (χ0n) is 17.7. The number of pyridine rings is 1. The van der Waals surface area contributed by atoms with Crippen LogP contribution in [0.3, 0.4) is 0 Å². The second-order valence-corrected chi connectivity index (χ2v) is 7.78. The Hall–Kier alpha value is -3.91. The Morgan fingerprint density at radius 2 is 1.84 bits per heavy atom. The lowest BCUT2D eigenvalue weighted by molar-refractivity contribution is 0.102. The molecule has 0 spiro atoms. The highest BCUT2D eigenvalue weighted by Gasteiger charge is 2.15. The summed E-state index contributed by atoms with van der Waals surface area (Å²) in [5.41, 5.74) is 4.30. The topological polar surface area (TPSA) is 92.5 Å². The molecule has 0 radical (unpaired) electrons. The zero-order valence-corrected chi connectivity index (χ0v) is 17.7. The Morgan fingerprint density at radius 3 is 2.56 bits per heavy atom. The molecule has 1 aliphatic heterocycles. The fraction of sp³-hybridized carbons (Fsp3) is 0.208. The molecule has 0 bridgehead atoms. The fourth-order valence-corrected chi connectivity index (χ4v) is 3.77. The monoisotopic (exact) mass is 429 g/mol. The molecule has 2 aromatic heterocycles. The fourth-order valence-electron chi connectivity index (χ4n) is 3.77. The Morgan fingerprint density at radius 1 is 1.06 bits per heavy atom. The maximum Gasteiger partial charge on any atom is 0.257 e. The van der Waals surface area contributed by atoms with Crippen LogP contribution in [0.2, 0.25) is 0 Å². The molecule has 2 aromatic carbocycles. The number of fused-ring (bicyclic) bond motifs is 1. The molecule has 3 heterocycles. The molecule has 8 heteroatoms. The van der Waals surface area contributed by atoms with E-state index < -0.39 is 0 Å². The Balaban J connectivity index is 1.29. The molecule has 2 N–H and O–H groups in total. The summed E-state index contributed by atoms with van der Waals surface area (Å²) in [6, 6.07) is 16.6. The number of ether oxygens (including phenoxy) is 1. The number of morpholine rings is 1. The second-order valence-electron chi connectivity index (χ2n) is 7.78. The highest BCUT2D eigenvalue weighted by atomic mass is 16.5. The number of aryl methyl sites for hydroxylation is 1. The van der Waals surface area contributed by atoms with Gasteiger partial charge in [0.05, 0.1) is 24.3 Å². The van der Waals surface area contributed by atoms with Crippen LogP contribution < -0.4 is 10.2 Å². The molecule has 0 aliphatic carbocycles. The van der Waals surface area contributed by atoms with E-state index >= 15 is 0 Å². The first-order chi connectivity index (χ1) is 15.6. The molecule has 1 saturated heterocycles. The van der Waals surface area contributed by atoms with E-state index in [1.807, 2.05) is 43.3 Å². The highest BCUT2D eigenvalue weighted by molar-refractivity contribution is 6.04. The van der Waals surface area contributed by atoms with Crippen molar-refractivity contribution in [3.8, 4) is 11.4 Å². The minimum atomic E-state index is -0.233. The minimum Gasteiger partial charge on any atom is -0.426 e. The predicted molar refractivity (Wildman–Crippen MR) is 122 cm³/mol. The van der Waals surface area contributed by atoms with Crippen LogP contribution in [-0.4, -0.2) is 52.1 Å². The van der Waals surface area contributed by atoms with Crippen LogP contribution in [0.4, 0.5) is 11.5 Å². The second kappa shape index (κ2) is 8.32. The predicted octanol–water partition coefficient (Wildman–Crippen LogP) is 3.73. The van der Waals surface area contributed by atoms with Crippen molar-refractivity contribution in [2.24, 2.45) is 0 Å². The van der Waals surface area contributed by atoms with Crippen molar-refractivity contribution in [3.05, 3.63) is 71.9 Å². The largest absolute Gasteiger partial charge is 0.426 e. The first-order valence-corrected chi connectivity index (χ1v) is 10.5. The van der Waals surface area contributed by atoms with Gasteiger partial charge in [0.15, 0.2) is 5.82 Å². The number of carbonyl (C=O) groups excluding carboxylic acids is 1. The maximum absolute atomic E-state index is 12.6. The van der Waals surface area contributed by atoms with Gasteiger partial charge in [-0.05, 0) is 61.0 Å². The van der Waals surface area contributed by atoms with Crippen LogP contribution >= 0.6 is 0 Å². The lowest BCUT2D eigenvalue weighted by atomic mass is 10.2. The molecule has 1 amide bonds. The van der Waals surface area contributed by atoms with Crippen molar-refractivity contribution in [3.63, 3.8) is 0 Å². The SMILES string of the molecule is Cc1ccc2nc(-c3ccc(NC(=O)c4ccc(N5CCOCC5)nc4)cc3)n(O)c2c1. The average molecular weight is 429 g/mol. The highest BCUT2D eigenvalue weighted by Crippen LogP contribution is 2.25. The lowest BCUT2D eigenvalue weighted by Gasteiger charge is -2.27. The first kappa shape index (κ1) is 20.0. The third-order valence-electron chi connectivity index (χ3n) is 5.53. The van der Waals surface area contributed by atoms with Crippen LogP contribution in [-0.2, 0) is 4.74 Å². The summed E-state index contributed by atoms with van der Waals surface area (Å²) in [5.74, 6) is 1.06. The van der Waals surface area contributed by atoms with E-state index in [9.17, 15) is 10.0 Å². The summed E-state index contributed by atoms with van der Waals surface area (Å²) in [6.45, 7) is 4.94. The van der Waals surface area contributed by atoms with Crippen LogP contribution in [0.1, 0.15) is 15.9 Å². The number of nitrogens with zero attached hydrogens (tertiary/aromatic N) is 4. The summed E-state index contributed by atoms with van der Waals surface area (Å²) in [5, 5.41) is 13.4. The Labute approximate surface area is 185 Å². The van der Waals surface area contributed by atoms with Gasteiger partial charge in [-0.15, -0.1) is 0 Å². The quantitative estimate of drug-likeness (QED) is 0.480. The number of benzene rings is 2. The summed E-state index contributed by atoms with van der Waals surface area (Å²) in [4.78, 5) is 23.7. The van der Waals surface area contributed by atoms with Crippen LogP contribution in [0.15, 0.2) is 60.8 Å². The number of aromatic nitrogens is 3. The molecule has 1 aliphatic rings. The van der Waals surface area contributed by atoms with E-state index in [-0.39, 0.29) is 5.91 Å². The molecule has 0 saturated carbocycles. The van der Waals surface area contributed by atoms with Crippen molar-refractivity contribution in [1.82, 2.24) is 14.7 Å². The van der Waals surface area contributed by atoms with Gasteiger partial charge in [0.25, 0.3) is 5.91 Å². The molecule has 0 unspecified atom stereocenters. The molecule has 162 valence electrons. The van der Waals surface area contributed by atoms with Crippen molar-refractivity contribution in [2.45, 2.75) is 6.92 Å². The number of carbonyl (C=O) groups is 1. The number of nitrogens with one attached hydrogen (secondary N) is 1. The van der Waals surface area contributed by atoms with E-state index in [4.69, 9.17) is 4.74 Å². The zero-order chi connectivity index (χ0) is 22.1. The number of rotatable bonds is 4. The summed E-state index contributed by atoms with van der Waals surface area (Å²) in [6.07, 6.45) is 1.59. The van der Waals surface area contributed by atoms with Crippen LogP contribution in [0.25, 0.3) is 22.4 Å². The molecule has 8 nitrogen and oxygen atoms in total. The molecule has 4 aromatic rings. The van der Waals surface area contributed by atoms with E-state index in [2.05, 4.69) is 20.2 Å². The lowest BCUT2D eigenvalue weighted by Crippen LogP contribution is -2.36. The van der Waals surface area contributed by atoms with Gasteiger partial charge in [0, 0.05) is 30.5 Å². The number of anilines is 2. The van der Waals surface area contributed by atoms with Gasteiger partial charge in [-0.25, -0.2) is 9.97 Å². The van der Waals surface area contributed by atoms with Crippen molar-refractivity contribution >= 4 is 28.4 Å². The maximum atomic E-state index is 12.6. The third kappa shape index (κ3) is 3.88. The van der Waals surface area contributed by atoms with E-state index in [1.54, 1.807) is 24.4 Å². The normalized spacial score (nSPS) is 14.0. The van der Waals surface area contributed by atoms with Crippen LogP contribution in [0, 0.1) is 6.92 Å². The van der Waals surface area contributed by atoms with Crippen LogP contribution in [0.5, 0.6) is 0 Å². The van der Waals surface area contributed by atoms with Gasteiger partial charge in [-0.3, -0.25) is 4.79 Å². The number of imidazole rings is 1. The van der Waals surface area contributed by atoms with E-state index in [1.165, 1.54) is 0 Å². The third-order valence-corrected chi connectivity index (χ3v) is 5.53. The van der Waals surface area contributed by atoms with Crippen molar-refractivity contribution < 1.29 is 14.7 Å². The summed E-state index contributed by atoms with van der Waals surface area (Å²) in [7, 11) is 0. The van der Waals surface area contributed by atoms with Gasteiger partial charge in [0.2, 0.25) is 0 Å². The minimum absolute atomic E-state index is 0.233. The summed E-state index contributed by atoms with van der Waals surface area (Å²) >= 11 is 0. The van der Waals surface area contributed by atoms with Gasteiger partial charge >= 0.3 is 0 Å². The first-order valence-electron chi connectivity index (χ1n) is 10.5. The van der Waals surface area contributed by atoms with Gasteiger partial charge in [0.1, 0.15) is 11.3 Å². The molecule has 32 heavy (non-hydrogen) atoms. The molecular weight excluding hydrogens is 406 g/mol. The van der Waals surface area contributed by atoms with E-state index in [0.29, 0.717) is 35.8 Å². The Bertz CT molecular complexity index is 1260. The molecule has 5 rings (SSSR count). The number of amides is 1. The van der Waals surface area contributed by atoms with Crippen molar-refractivity contribution in [1.29, 1.82) is 0 Å². The number of hydrogen-bond donors (Lipinski definition) is 2. The van der Waals surface area contributed by atoms with Gasteiger partial charge in [-0.2, -0.15) is 4.73 Å². The summed E-state index contributed by atoms with van der Waals surface area (Å²) < 4.78 is 6.45. The van der Waals surface area contributed by atoms with E-state index in [0.717, 1.165) is 40.3 Å². The average Bonchev–Trinajstić information content (AvgIpc) is 3.16. The molecule has 0 atom stereocenters. The standard InChI is InChI=1S/C24H23N5O3/c1-16-2-8-20-21(14-16)29(31)23(27-20)17-3-6-19(7-4-17)26-24(30)18-5-9-22(25-15-18)28-10-12-32-13-11-28/h2-9,14-15,31H,10-13H2,1H3,(H,26,30). The Kier molecular flexibility index (Phi) is 5.20. The van der Waals surface area contributed by atoms with Gasteiger partial charge < -0.3 is 20.2 Å². The molecular formula is C24H23N5O3.